The number of hydrogen-bond acceptors (Lipinski definition) is 6. The molecule has 1 heterocycles. The van der Waals surface area contributed by atoms with Gasteiger partial charge in [-0.25, -0.2) is 9.59 Å². The van der Waals surface area contributed by atoms with E-state index >= 15 is 0 Å². The fraction of sp³-hybridized carbons (Fsp3) is 0.351. The van der Waals surface area contributed by atoms with Crippen LogP contribution in [0.4, 0.5) is 0 Å². The Kier molecular flexibility index (Phi) is 9.00. The molecule has 43 heavy (non-hydrogen) atoms. The van der Waals surface area contributed by atoms with Gasteiger partial charge in [0, 0.05) is 32.1 Å². The molecule has 5 rings (SSSR count). The van der Waals surface area contributed by atoms with Gasteiger partial charge in [-0.15, -0.1) is 0 Å². The van der Waals surface area contributed by atoms with E-state index in [1.807, 2.05) is 70.2 Å². The number of methoxy groups -OCH3 is 1. The summed E-state index contributed by atoms with van der Waals surface area (Å²) in [6.07, 6.45) is 0. The summed E-state index contributed by atoms with van der Waals surface area (Å²) in [5.74, 6) is -0.326. The maximum atomic E-state index is 14.0. The van der Waals surface area contributed by atoms with Gasteiger partial charge in [0.1, 0.15) is 11.1 Å². The van der Waals surface area contributed by atoms with Crippen molar-refractivity contribution >= 4 is 22.7 Å². The number of nitrogens with one attached hydrogen (secondary N) is 1. The topological polar surface area (TPSA) is 67.9 Å². The van der Waals surface area contributed by atoms with Crippen molar-refractivity contribution in [1.82, 2.24) is 10.2 Å². The summed E-state index contributed by atoms with van der Waals surface area (Å²) in [6.45, 7) is 10.7. The van der Waals surface area contributed by atoms with Crippen molar-refractivity contribution in [2.24, 2.45) is 5.92 Å². The summed E-state index contributed by atoms with van der Waals surface area (Å²) >= 11 is 0. The van der Waals surface area contributed by atoms with Crippen LogP contribution < -0.4 is 5.32 Å². The van der Waals surface area contributed by atoms with Crippen LogP contribution in [0.5, 0.6) is 0 Å². The standard InChI is InChI=1S/C37H42N2O4/c1-36(2,3)43-35(41)37(4,33-20-12-16-27-15-9-10-19-31(27)33)38-22-30-24-39(23-26-13-7-6-8-14-26)25-32(30)28-17-11-18-29(21-28)34(40)42-5/h6-21,30,32,38H,22-25H2,1-5H3/t30-,32-,37-/m1/s1. The highest BCUT2D eigenvalue weighted by atomic mass is 16.6. The lowest BCUT2D eigenvalue weighted by Gasteiger charge is -2.35. The second-order valence-corrected chi connectivity index (χ2v) is 12.7. The minimum absolute atomic E-state index is 0.149. The number of rotatable bonds is 9. The van der Waals surface area contributed by atoms with E-state index in [-0.39, 0.29) is 23.8 Å². The molecule has 0 unspecified atom stereocenters. The number of fused-ring (bicyclic) bond motifs is 1. The lowest BCUT2D eigenvalue weighted by atomic mass is 9.84. The van der Waals surface area contributed by atoms with Crippen LogP contribution in [-0.2, 0) is 26.4 Å². The molecule has 0 aliphatic carbocycles. The third-order valence-corrected chi connectivity index (χ3v) is 8.35. The Hall–Kier alpha value is -4.00. The maximum absolute atomic E-state index is 14.0. The zero-order valence-electron chi connectivity index (χ0n) is 25.8. The zero-order valence-corrected chi connectivity index (χ0v) is 25.8. The Morgan fingerprint density at radius 3 is 2.30 bits per heavy atom. The van der Waals surface area contributed by atoms with Gasteiger partial charge >= 0.3 is 11.9 Å². The van der Waals surface area contributed by atoms with Crippen molar-refractivity contribution in [2.75, 3.05) is 26.7 Å². The zero-order chi connectivity index (χ0) is 30.6. The first-order chi connectivity index (χ1) is 20.6. The quantitative estimate of drug-likeness (QED) is 0.223. The number of hydrogen-bond donors (Lipinski definition) is 1. The number of ether oxygens (including phenoxy) is 2. The van der Waals surface area contributed by atoms with Gasteiger partial charge in [0.2, 0.25) is 0 Å². The molecule has 0 radical (unpaired) electrons. The summed E-state index contributed by atoms with van der Waals surface area (Å²) in [5.41, 5.74) is 2.06. The molecule has 1 saturated heterocycles. The molecule has 0 bridgehead atoms. The van der Waals surface area contributed by atoms with Crippen LogP contribution in [0.1, 0.15) is 60.7 Å². The Labute approximate surface area is 255 Å². The Bertz CT molecular complexity index is 1570. The van der Waals surface area contributed by atoms with Crippen molar-refractivity contribution < 1.29 is 19.1 Å². The molecule has 0 aromatic heterocycles. The number of esters is 2. The molecule has 1 aliphatic heterocycles. The fourth-order valence-corrected chi connectivity index (χ4v) is 6.18. The minimum atomic E-state index is -1.08. The van der Waals surface area contributed by atoms with Gasteiger partial charge in [0.25, 0.3) is 0 Å². The van der Waals surface area contributed by atoms with E-state index in [0.717, 1.165) is 41.5 Å². The van der Waals surface area contributed by atoms with Crippen LogP contribution in [0.15, 0.2) is 97.1 Å². The Morgan fingerprint density at radius 1 is 0.860 bits per heavy atom. The molecule has 3 atom stereocenters. The van der Waals surface area contributed by atoms with E-state index in [9.17, 15) is 9.59 Å². The largest absolute Gasteiger partial charge is 0.465 e. The molecule has 0 spiro atoms. The molecule has 0 saturated carbocycles. The van der Waals surface area contributed by atoms with Gasteiger partial charge in [0.15, 0.2) is 0 Å². The molecule has 6 heteroatoms. The normalized spacial score (nSPS) is 18.7. The van der Waals surface area contributed by atoms with Crippen LogP contribution in [0.2, 0.25) is 0 Å². The van der Waals surface area contributed by atoms with Crippen molar-refractivity contribution in [3.05, 3.63) is 119 Å². The van der Waals surface area contributed by atoms with E-state index in [2.05, 4.69) is 58.7 Å². The van der Waals surface area contributed by atoms with Crippen LogP contribution in [0.25, 0.3) is 10.8 Å². The fourth-order valence-electron chi connectivity index (χ4n) is 6.18. The van der Waals surface area contributed by atoms with Crippen molar-refractivity contribution in [3.8, 4) is 0 Å². The molecule has 0 amide bonds. The highest BCUT2D eigenvalue weighted by Gasteiger charge is 2.42. The number of carbonyl (C=O) groups excluding carboxylic acids is 2. The van der Waals surface area contributed by atoms with E-state index in [0.29, 0.717) is 12.1 Å². The molecule has 224 valence electrons. The van der Waals surface area contributed by atoms with E-state index in [1.165, 1.54) is 12.7 Å². The highest BCUT2D eigenvalue weighted by Crippen LogP contribution is 2.36. The second-order valence-electron chi connectivity index (χ2n) is 12.7. The smallest absolute Gasteiger partial charge is 0.337 e. The van der Waals surface area contributed by atoms with Gasteiger partial charge in [-0.05, 0) is 73.2 Å². The van der Waals surface area contributed by atoms with Crippen molar-refractivity contribution in [2.45, 2.75) is 51.3 Å². The van der Waals surface area contributed by atoms with Gasteiger partial charge in [-0.1, -0.05) is 84.9 Å². The van der Waals surface area contributed by atoms with Gasteiger partial charge in [-0.2, -0.15) is 0 Å². The Balaban J connectivity index is 1.48. The molecular formula is C37H42N2O4. The van der Waals surface area contributed by atoms with Crippen molar-refractivity contribution in [3.63, 3.8) is 0 Å². The summed E-state index contributed by atoms with van der Waals surface area (Å²) in [7, 11) is 1.41. The third-order valence-electron chi connectivity index (χ3n) is 8.35. The van der Waals surface area contributed by atoms with Crippen molar-refractivity contribution in [1.29, 1.82) is 0 Å². The van der Waals surface area contributed by atoms with E-state index < -0.39 is 11.1 Å². The maximum Gasteiger partial charge on any atom is 0.337 e. The van der Waals surface area contributed by atoms with E-state index in [1.54, 1.807) is 6.07 Å². The first-order valence-electron chi connectivity index (χ1n) is 15.0. The number of carbonyl (C=O) groups is 2. The molecule has 1 fully saturated rings. The SMILES string of the molecule is COC(=O)c1cccc([C@H]2CN(Cc3ccccc3)C[C@H]2CN[C@@](C)(C(=O)OC(C)(C)C)c2cccc3ccccc23)c1. The predicted octanol–water partition coefficient (Wildman–Crippen LogP) is 6.69. The van der Waals surface area contributed by atoms with Gasteiger partial charge < -0.3 is 9.47 Å². The van der Waals surface area contributed by atoms with Crippen LogP contribution >= 0.6 is 0 Å². The first kappa shape index (κ1) is 30.5. The lowest BCUT2D eigenvalue weighted by Crippen LogP contribution is -2.51. The lowest BCUT2D eigenvalue weighted by molar-refractivity contribution is -0.163. The molecule has 6 nitrogen and oxygen atoms in total. The molecule has 4 aromatic rings. The second kappa shape index (κ2) is 12.7. The molecule has 4 aromatic carbocycles. The monoisotopic (exact) mass is 578 g/mol. The number of likely N-dealkylation sites (tertiary alicyclic amines) is 1. The summed E-state index contributed by atoms with van der Waals surface area (Å²) < 4.78 is 11.0. The van der Waals surface area contributed by atoms with Crippen LogP contribution in [0.3, 0.4) is 0 Å². The van der Waals surface area contributed by atoms with Gasteiger partial charge in [0.05, 0.1) is 12.7 Å². The minimum Gasteiger partial charge on any atom is -0.465 e. The van der Waals surface area contributed by atoms with Gasteiger partial charge in [-0.3, -0.25) is 10.2 Å². The predicted molar refractivity (Wildman–Crippen MR) is 171 cm³/mol. The number of nitrogens with zero attached hydrogens (tertiary/aromatic N) is 1. The molecule has 1 aliphatic rings. The summed E-state index contributed by atoms with van der Waals surface area (Å²) in [6, 6.07) is 32.5. The van der Waals surface area contributed by atoms with E-state index in [4.69, 9.17) is 9.47 Å². The summed E-state index contributed by atoms with van der Waals surface area (Å²) in [4.78, 5) is 28.8. The molecule has 1 N–H and O–H groups in total. The summed E-state index contributed by atoms with van der Waals surface area (Å²) in [5, 5.41) is 5.80. The van der Waals surface area contributed by atoms with Crippen LogP contribution in [0, 0.1) is 5.92 Å². The Morgan fingerprint density at radius 2 is 1.56 bits per heavy atom. The number of benzene rings is 4. The third kappa shape index (κ3) is 6.98. The average molecular weight is 579 g/mol. The van der Waals surface area contributed by atoms with Crippen LogP contribution in [-0.4, -0.2) is 49.2 Å². The first-order valence-corrected chi connectivity index (χ1v) is 15.0. The average Bonchev–Trinajstić information content (AvgIpc) is 3.41. The molecular weight excluding hydrogens is 536 g/mol. The highest BCUT2D eigenvalue weighted by molar-refractivity contribution is 5.93.